The first-order valence-corrected chi connectivity index (χ1v) is 7.40. The molecule has 1 aromatic carbocycles. The molecule has 2 rings (SSSR count). The zero-order valence-corrected chi connectivity index (χ0v) is 13.9. The standard InChI is InChI=1S/C14H10Cl4N2O/c1-21-11-4-2-3-9(5-11)12-8-20(7-10(12)6-19)13(15)14(16,17)18/h2-5,7-8,13H,1H3. The van der Waals surface area contributed by atoms with Gasteiger partial charge in [-0.2, -0.15) is 5.26 Å². The number of ether oxygens (including phenoxy) is 1. The minimum absolute atomic E-state index is 0.433. The summed E-state index contributed by atoms with van der Waals surface area (Å²) in [5.41, 5.74) is 1.02. The van der Waals surface area contributed by atoms with E-state index in [1.165, 1.54) is 4.57 Å². The number of methoxy groups -OCH3 is 1. The molecule has 0 bridgehead atoms. The Bertz CT molecular complexity index is 685. The van der Waals surface area contributed by atoms with Gasteiger partial charge in [0.05, 0.1) is 12.7 Å². The minimum atomic E-state index is -1.68. The molecule has 1 unspecified atom stereocenters. The third-order valence-electron chi connectivity index (χ3n) is 2.88. The number of hydrogen-bond acceptors (Lipinski definition) is 2. The number of rotatable bonds is 3. The van der Waals surface area contributed by atoms with E-state index in [0.717, 1.165) is 5.56 Å². The van der Waals surface area contributed by atoms with Crippen molar-refractivity contribution in [1.29, 1.82) is 5.26 Å². The molecule has 0 saturated heterocycles. The van der Waals surface area contributed by atoms with Crippen LogP contribution in [0.15, 0.2) is 36.7 Å². The summed E-state index contributed by atoms with van der Waals surface area (Å²) in [5.74, 6) is 0.688. The summed E-state index contributed by atoms with van der Waals surface area (Å²) in [5, 5.41) is 9.27. The van der Waals surface area contributed by atoms with Crippen molar-refractivity contribution in [3.63, 3.8) is 0 Å². The largest absolute Gasteiger partial charge is 0.497 e. The van der Waals surface area contributed by atoms with Crippen LogP contribution in [-0.2, 0) is 0 Å². The second kappa shape index (κ2) is 6.37. The molecule has 0 N–H and O–H groups in total. The average Bonchev–Trinajstić information content (AvgIpc) is 2.89. The Morgan fingerprint density at radius 2 is 2.00 bits per heavy atom. The Kier molecular flexibility index (Phi) is 4.95. The van der Waals surface area contributed by atoms with E-state index in [2.05, 4.69) is 6.07 Å². The van der Waals surface area contributed by atoms with Crippen LogP contribution < -0.4 is 4.74 Å². The van der Waals surface area contributed by atoms with Gasteiger partial charge in [0.2, 0.25) is 3.79 Å². The highest BCUT2D eigenvalue weighted by atomic mass is 35.6. The fourth-order valence-corrected chi connectivity index (χ4v) is 2.33. The number of aromatic nitrogens is 1. The van der Waals surface area contributed by atoms with Crippen LogP contribution in [0.3, 0.4) is 0 Å². The minimum Gasteiger partial charge on any atom is -0.497 e. The van der Waals surface area contributed by atoms with Crippen molar-refractivity contribution in [2.24, 2.45) is 0 Å². The second-order valence-electron chi connectivity index (χ2n) is 4.25. The highest BCUT2D eigenvalue weighted by molar-refractivity contribution is 6.69. The number of hydrogen-bond donors (Lipinski definition) is 0. The van der Waals surface area contributed by atoms with Crippen LogP contribution in [0.2, 0.25) is 0 Å². The Labute approximate surface area is 142 Å². The van der Waals surface area contributed by atoms with Crippen LogP contribution in [0.25, 0.3) is 11.1 Å². The smallest absolute Gasteiger partial charge is 0.224 e. The highest BCUT2D eigenvalue weighted by Gasteiger charge is 2.32. The summed E-state index contributed by atoms with van der Waals surface area (Å²) >= 11 is 23.5. The number of halogens is 4. The highest BCUT2D eigenvalue weighted by Crippen LogP contribution is 2.42. The van der Waals surface area contributed by atoms with Crippen molar-refractivity contribution in [2.45, 2.75) is 9.29 Å². The molecule has 0 amide bonds. The lowest BCUT2D eigenvalue weighted by Crippen LogP contribution is -2.16. The van der Waals surface area contributed by atoms with Gasteiger partial charge < -0.3 is 9.30 Å². The van der Waals surface area contributed by atoms with Crippen LogP contribution in [0.4, 0.5) is 0 Å². The Balaban J connectivity index is 2.50. The van der Waals surface area contributed by atoms with Gasteiger partial charge >= 0.3 is 0 Å². The lowest BCUT2D eigenvalue weighted by molar-refractivity contribution is 0.415. The lowest BCUT2D eigenvalue weighted by Gasteiger charge is -2.19. The van der Waals surface area contributed by atoms with Crippen molar-refractivity contribution in [2.75, 3.05) is 7.11 Å². The SMILES string of the molecule is COc1cccc(-c2cn(C(Cl)C(Cl)(Cl)Cl)cc2C#N)c1. The summed E-state index contributed by atoms with van der Waals surface area (Å²) in [4.78, 5) is 0. The first kappa shape index (κ1) is 16.3. The monoisotopic (exact) mass is 362 g/mol. The van der Waals surface area contributed by atoms with Crippen LogP contribution in [0.5, 0.6) is 5.75 Å². The molecule has 0 saturated carbocycles. The summed E-state index contributed by atoms with van der Waals surface area (Å²) in [6.07, 6.45) is 3.22. The van der Waals surface area contributed by atoms with E-state index in [4.69, 9.17) is 51.1 Å². The molecule has 2 aromatic rings. The maximum absolute atomic E-state index is 9.27. The molecule has 21 heavy (non-hydrogen) atoms. The summed E-state index contributed by atoms with van der Waals surface area (Å²) in [6.45, 7) is 0. The molecule has 0 aliphatic heterocycles. The topological polar surface area (TPSA) is 38.0 Å². The summed E-state index contributed by atoms with van der Waals surface area (Å²) in [6, 6.07) is 9.44. The lowest BCUT2D eigenvalue weighted by atomic mass is 10.1. The van der Waals surface area contributed by atoms with Gasteiger partial charge in [0.15, 0.2) is 5.50 Å². The predicted octanol–water partition coefficient (Wildman–Crippen LogP) is 5.14. The van der Waals surface area contributed by atoms with Gasteiger partial charge in [-0.1, -0.05) is 58.5 Å². The third kappa shape index (κ3) is 3.59. The van der Waals surface area contributed by atoms with Crippen molar-refractivity contribution in [3.05, 3.63) is 42.2 Å². The zero-order valence-electron chi connectivity index (χ0n) is 10.9. The van der Waals surface area contributed by atoms with E-state index >= 15 is 0 Å². The van der Waals surface area contributed by atoms with Crippen LogP contribution in [-0.4, -0.2) is 15.5 Å². The van der Waals surface area contributed by atoms with Gasteiger partial charge in [-0.25, -0.2) is 0 Å². The number of nitrogens with zero attached hydrogens (tertiary/aromatic N) is 2. The normalized spacial score (nSPS) is 12.8. The van der Waals surface area contributed by atoms with Gasteiger partial charge in [0.1, 0.15) is 11.8 Å². The van der Waals surface area contributed by atoms with E-state index in [1.54, 1.807) is 19.5 Å². The van der Waals surface area contributed by atoms with Crippen LogP contribution >= 0.6 is 46.4 Å². The van der Waals surface area contributed by atoms with E-state index in [0.29, 0.717) is 16.9 Å². The van der Waals surface area contributed by atoms with E-state index in [1.807, 2.05) is 24.3 Å². The van der Waals surface area contributed by atoms with Gasteiger partial charge in [-0.3, -0.25) is 0 Å². The molecule has 0 aliphatic carbocycles. The van der Waals surface area contributed by atoms with Crippen molar-refractivity contribution in [1.82, 2.24) is 4.57 Å². The molecule has 1 atom stereocenters. The first-order valence-electron chi connectivity index (χ1n) is 5.83. The van der Waals surface area contributed by atoms with E-state index in [-0.39, 0.29) is 0 Å². The molecule has 7 heteroatoms. The van der Waals surface area contributed by atoms with Crippen LogP contribution in [0.1, 0.15) is 11.1 Å². The molecule has 0 aliphatic rings. The maximum Gasteiger partial charge on any atom is 0.224 e. The zero-order chi connectivity index (χ0) is 15.6. The van der Waals surface area contributed by atoms with Crippen molar-refractivity contribution in [3.8, 4) is 22.9 Å². The average molecular weight is 364 g/mol. The van der Waals surface area contributed by atoms with Gasteiger partial charge in [-0.15, -0.1) is 0 Å². The predicted molar refractivity (Wildman–Crippen MR) is 86.3 cm³/mol. The number of benzene rings is 1. The van der Waals surface area contributed by atoms with E-state index in [9.17, 15) is 5.26 Å². The molecule has 1 heterocycles. The molecular formula is C14H10Cl4N2O. The number of alkyl halides is 4. The summed E-state index contributed by atoms with van der Waals surface area (Å²) < 4.78 is 5.00. The molecule has 0 fully saturated rings. The molecule has 0 spiro atoms. The first-order chi connectivity index (χ1) is 9.86. The molecule has 110 valence electrons. The van der Waals surface area contributed by atoms with Crippen molar-refractivity contribution >= 4 is 46.4 Å². The quantitative estimate of drug-likeness (QED) is 0.707. The molecule has 0 radical (unpaired) electrons. The Morgan fingerprint density at radius 3 is 2.57 bits per heavy atom. The fourth-order valence-electron chi connectivity index (χ4n) is 1.88. The maximum atomic E-state index is 9.27. The Hall–Kier alpha value is -1.05. The fraction of sp³-hybridized carbons (Fsp3) is 0.214. The van der Waals surface area contributed by atoms with Crippen LogP contribution in [0, 0.1) is 11.3 Å². The second-order valence-corrected chi connectivity index (χ2v) is 7.04. The van der Waals surface area contributed by atoms with Gasteiger partial charge in [0.25, 0.3) is 0 Å². The Morgan fingerprint density at radius 1 is 1.29 bits per heavy atom. The van der Waals surface area contributed by atoms with Gasteiger partial charge in [-0.05, 0) is 17.7 Å². The molecule has 3 nitrogen and oxygen atoms in total. The molecular weight excluding hydrogens is 354 g/mol. The van der Waals surface area contributed by atoms with Crippen molar-refractivity contribution < 1.29 is 4.74 Å². The number of nitriles is 1. The van der Waals surface area contributed by atoms with E-state index < -0.39 is 9.29 Å². The molecule has 1 aromatic heterocycles. The summed E-state index contributed by atoms with van der Waals surface area (Å²) in [7, 11) is 1.58. The van der Waals surface area contributed by atoms with Gasteiger partial charge in [0, 0.05) is 18.0 Å². The third-order valence-corrected chi connectivity index (χ3v) is 4.39.